The summed E-state index contributed by atoms with van der Waals surface area (Å²) in [6.07, 6.45) is 5.37. The predicted molar refractivity (Wildman–Crippen MR) is 96.9 cm³/mol. The number of nitrogens with one attached hydrogen (secondary N) is 1. The fourth-order valence-electron chi connectivity index (χ4n) is 2.76. The van der Waals surface area contributed by atoms with Gasteiger partial charge in [-0.15, -0.1) is 0 Å². The lowest BCUT2D eigenvalue weighted by molar-refractivity contribution is -0.117. The molecule has 0 aromatic heterocycles. The zero-order valence-electron chi connectivity index (χ0n) is 14.2. The molecule has 5 nitrogen and oxygen atoms in total. The van der Waals surface area contributed by atoms with Gasteiger partial charge in [-0.2, -0.15) is 0 Å². The van der Waals surface area contributed by atoms with E-state index in [1.807, 2.05) is 43.3 Å². The Balaban J connectivity index is 1.88. The van der Waals surface area contributed by atoms with Crippen LogP contribution in [-0.4, -0.2) is 44.0 Å². The summed E-state index contributed by atoms with van der Waals surface area (Å²) >= 11 is 0. The highest BCUT2D eigenvalue weighted by Gasteiger charge is 2.23. The minimum absolute atomic E-state index is 0.0406. The number of carbonyl (C=O) groups excluding carboxylic acids is 1. The van der Waals surface area contributed by atoms with Gasteiger partial charge in [-0.1, -0.05) is 43.7 Å². The number of piperidine rings is 1. The van der Waals surface area contributed by atoms with Gasteiger partial charge in [0.2, 0.25) is 15.9 Å². The normalized spacial score (nSPS) is 16.8. The second kappa shape index (κ2) is 8.99. The van der Waals surface area contributed by atoms with Gasteiger partial charge in [0, 0.05) is 25.2 Å². The first-order valence-electron chi connectivity index (χ1n) is 8.54. The van der Waals surface area contributed by atoms with Crippen LogP contribution in [0.3, 0.4) is 0 Å². The Labute approximate surface area is 144 Å². The summed E-state index contributed by atoms with van der Waals surface area (Å²) in [6, 6.07) is 9.63. The van der Waals surface area contributed by atoms with Crippen LogP contribution in [0, 0.1) is 0 Å². The second-order valence-electron chi connectivity index (χ2n) is 5.97. The number of sulfonamides is 1. The molecule has 1 heterocycles. The largest absolute Gasteiger partial charge is 0.351 e. The number of amides is 1. The van der Waals surface area contributed by atoms with Crippen molar-refractivity contribution in [3.8, 4) is 0 Å². The van der Waals surface area contributed by atoms with Crippen molar-refractivity contribution in [2.75, 3.05) is 25.4 Å². The summed E-state index contributed by atoms with van der Waals surface area (Å²) in [7, 11) is -3.27. The zero-order valence-corrected chi connectivity index (χ0v) is 15.0. The molecule has 1 aromatic rings. The Morgan fingerprint density at radius 3 is 2.46 bits per heavy atom. The highest BCUT2D eigenvalue weighted by Crippen LogP contribution is 2.13. The molecule has 0 spiro atoms. The van der Waals surface area contributed by atoms with Crippen molar-refractivity contribution in [3.05, 3.63) is 41.5 Å². The molecule has 2 rings (SSSR count). The Kier molecular flexibility index (Phi) is 6.99. The quantitative estimate of drug-likeness (QED) is 0.768. The van der Waals surface area contributed by atoms with E-state index in [-0.39, 0.29) is 18.2 Å². The van der Waals surface area contributed by atoms with Crippen molar-refractivity contribution in [1.29, 1.82) is 0 Å². The molecule has 24 heavy (non-hydrogen) atoms. The Morgan fingerprint density at radius 1 is 1.17 bits per heavy atom. The van der Waals surface area contributed by atoms with Crippen LogP contribution in [-0.2, 0) is 14.8 Å². The van der Waals surface area contributed by atoms with Gasteiger partial charge < -0.3 is 5.32 Å². The number of nitrogens with zero attached hydrogens (tertiary/aromatic N) is 1. The summed E-state index contributed by atoms with van der Waals surface area (Å²) in [5.41, 5.74) is 1.61. The van der Waals surface area contributed by atoms with Crippen molar-refractivity contribution in [1.82, 2.24) is 9.62 Å². The molecule has 1 aromatic carbocycles. The average molecular weight is 350 g/mol. The van der Waals surface area contributed by atoms with Gasteiger partial charge in [0.1, 0.15) is 0 Å². The van der Waals surface area contributed by atoms with Crippen LogP contribution < -0.4 is 5.32 Å². The topological polar surface area (TPSA) is 66.5 Å². The summed E-state index contributed by atoms with van der Waals surface area (Å²) in [5, 5.41) is 2.74. The van der Waals surface area contributed by atoms with Crippen molar-refractivity contribution < 1.29 is 13.2 Å². The van der Waals surface area contributed by atoms with E-state index < -0.39 is 10.0 Å². The maximum atomic E-state index is 12.3. The van der Waals surface area contributed by atoms with Crippen LogP contribution in [0.2, 0.25) is 0 Å². The van der Waals surface area contributed by atoms with Crippen LogP contribution >= 0.6 is 0 Å². The van der Waals surface area contributed by atoms with Gasteiger partial charge >= 0.3 is 0 Å². The van der Waals surface area contributed by atoms with Gasteiger partial charge in [-0.25, -0.2) is 12.7 Å². The highest BCUT2D eigenvalue weighted by atomic mass is 32.2. The fraction of sp³-hybridized carbons (Fsp3) is 0.500. The standard InChI is InChI=1S/C18H26N2O3S/c1-2-17(15-16-9-5-3-6-10-16)18(21)19-11-14-24(22,23)20-12-7-4-8-13-20/h3,5-6,9-10,15H,2,4,7-8,11-14H2,1H3,(H,19,21)/b17-15+. The first kappa shape index (κ1) is 18.7. The molecular formula is C18H26N2O3S. The van der Waals surface area contributed by atoms with Crippen LogP contribution in [0.15, 0.2) is 35.9 Å². The summed E-state index contributed by atoms with van der Waals surface area (Å²) in [6.45, 7) is 3.26. The van der Waals surface area contributed by atoms with Gasteiger partial charge in [-0.3, -0.25) is 4.79 Å². The molecular weight excluding hydrogens is 324 g/mol. The van der Waals surface area contributed by atoms with E-state index in [4.69, 9.17) is 0 Å². The molecule has 0 aliphatic carbocycles. The molecule has 0 saturated carbocycles. The molecule has 1 aliphatic rings. The summed E-state index contributed by atoms with van der Waals surface area (Å²) in [4.78, 5) is 12.3. The van der Waals surface area contributed by atoms with Crippen molar-refractivity contribution in [3.63, 3.8) is 0 Å². The molecule has 6 heteroatoms. The lowest BCUT2D eigenvalue weighted by Crippen LogP contribution is -2.40. The molecule has 1 N–H and O–H groups in total. The third kappa shape index (κ3) is 5.46. The van der Waals surface area contributed by atoms with Crippen molar-refractivity contribution in [2.24, 2.45) is 0 Å². The zero-order chi connectivity index (χ0) is 17.4. The molecule has 1 fully saturated rings. The lowest BCUT2D eigenvalue weighted by atomic mass is 10.1. The van der Waals surface area contributed by atoms with Gasteiger partial charge in [0.05, 0.1) is 5.75 Å². The van der Waals surface area contributed by atoms with Crippen LogP contribution in [0.4, 0.5) is 0 Å². The van der Waals surface area contributed by atoms with Gasteiger partial charge in [0.15, 0.2) is 0 Å². The van der Waals surface area contributed by atoms with E-state index in [0.29, 0.717) is 25.1 Å². The second-order valence-corrected chi connectivity index (χ2v) is 8.05. The SMILES string of the molecule is CC/C(=C\c1ccccc1)C(=O)NCCS(=O)(=O)N1CCCCC1. The minimum Gasteiger partial charge on any atom is -0.351 e. The van der Waals surface area contributed by atoms with Crippen molar-refractivity contribution in [2.45, 2.75) is 32.6 Å². The van der Waals surface area contributed by atoms with Crippen LogP contribution in [0.5, 0.6) is 0 Å². The summed E-state index contributed by atoms with van der Waals surface area (Å²) < 4.78 is 26.1. The molecule has 0 bridgehead atoms. The molecule has 0 unspecified atom stereocenters. The molecule has 1 amide bonds. The Bertz CT molecular complexity index is 663. The number of benzene rings is 1. The van der Waals surface area contributed by atoms with Crippen LogP contribution in [0.25, 0.3) is 6.08 Å². The maximum absolute atomic E-state index is 12.3. The molecule has 1 saturated heterocycles. The van der Waals surface area contributed by atoms with Gasteiger partial charge in [0.25, 0.3) is 0 Å². The number of hydrogen-bond acceptors (Lipinski definition) is 3. The van der Waals surface area contributed by atoms with E-state index in [9.17, 15) is 13.2 Å². The average Bonchev–Trinajstić information content (AvgIpc) is 2.61. The lowest BCUT2D eigenvalue weighted by Gasteiger charge is -2.25. The summed E-state index contributed by atoms with van der Waals surface area (Å²) in [5.74, 6) is -0.239. The minimum atomic E-state index is -3.27. The van der Waals surface area contributed by atoms with E-state index in [1.165, 1.54) is 0 Å². The third-order valence-corrected chi connectivity index (χ3v) is 6.04. The third-order valence-electron chi connectivity index (χ3n) is 4.17. The number of rotatable bonds is 7. The number of carbonyl (C=O) groups is 1. The van der Waals surface area contributed by atoms with Crippen LogP contribution in [0.1, 0.15) is 38.2 Å². The monoisotopic (exact) mass is 350 g/mol. The maximum Gasteiger partial charge on any atom is 0.247 e. The molecule has 1 aliphatic heterocycles. The Morgan fingerprint density at radius 2 is 1.83 bits per heavy atom. The first-order valence-corrected chi connectivity index (χ1v) is 10.2. The fourth-order valence-corrected chi connectivity index (χ4v) is 4.19. The molecule has 0 radical (unpaired) electrons. The number of hydrogen-bond donors (Lipinski definition) is 1. The molecule has 132 valence electrons. The van der Waals surface area contributed by atoms with E-state index >= 15 is 0 Å². The predicted octanol–water partition coefficient (Wildman–Crippen LogP) is 2.41. The van der Waals surface area contributed by atoms with E-state index in [1.54, 1.807) is 4.31 Å². The van der Waals surface area contributed by atoms with Crippen molar-refractivity contribution >= 4 is 22.0 Å². The highest BCUT2D eigenvalue weighted by molar-refractivity contribution is 7.89. The van der Waals surface area contributed by atoms with E-state index in [0.717, 1.165) is 24.8 Å². The molecule has 0 atom stereocenters. The van der Waals surface area contributed by atoms with Gasteiger partial charge in [-0.05, 0) is 30.9 Å². The first-order chi connectivity index (χ1) is 11.5. The smallest absolute Gasteiger partial charge is 0.247 e. The Hall–Kier alpha value is -1.66. The van der Waals surface area contributed by atoms with E-state index in [2.05, 4.69) is 5.32 Å².